The van der Waals surface area contributed by atoms with Gasteiger partial charge in [-0.3, -0.25) is 4.79 Å². The Morgan fingerprint density at radius 3 is 2.54 bits per heavy atom. The highest BCUT2D eigenvalue weighted by Gasteiger charge is 2.23. The van der Waals surface area contributed by atoms with Crippen LogP contribution in [0.1, 0.15) is 33.3 Å². The quantitative estimate of drug-likeness (QED) is 0.204. The maximum absolute atomic E-state index is 12.9. The Hall–Kier alpha value is -3.63. The molecule has 0 aliphatic heterocycles. The number of carbonyl (C=O) groups is 2. The summed E-state index contributed by atoms with van der Waals surface area (Å²) in [5.41, 5.74) is 2.93. The summed E-state index contributed by atoms with van der Waals surface area (Å²) in [4.78, 5) is 26.3. The lowest BCUT2D eigenvalue weighted by Gasteiger charge is -2.11. The molecule has 0 unspecified atom stereocenters. The van der Waals surface area contributed by atoms with Gasteiger partial charge in [-0.1, -0.05) is 54.2 Å². The molecule has 1 amide bonds. The predicted octanol–water partition coefficient (Wildman–Crippen LogP) is 5.48. The second-order valence-corrected chi connectivity index (χ2v) is 10.4. The fourth-order valence-corrected chi connectivity index (χ4v) is 5.63. The molecule has 2 aromatic heterocycles. The molecule has 0 saturated carbocycles. The first-order valence-electron chi connectivity index (χ1n) is 11.8. The summed E-state index contributed by atoms with van der Waals surface area (Å²) < 4.78 is 7.10. The highest BCUT2D eigenvalue weighted by molar-refractivity contribution is 7.99. The zero-order valence-electron chi connectivity index (χ0n) is 20.9. The smallest absolute Gasteiger partial charge is 0.341 e. The number of nitrogens with one attached hydrogen (secondary N) is 1. The summed E-state index contributed by atoms with van der Waals surface area (Å²) >= 11 is 2.60. The zero-order valence-corrected chi connectivity index (χ0v) is 22.5. The molecule has 0 aliphatic carbocycles. The number of benzene rings is 2. The van der Waals surface area contributed by atoms with Gasteiger partial charge in [0.15, 0.2) is 11.0 Å². The van der Waals surface area contributed by atoms with Crippen molar-refractivity contribution in [3.63, 3.8) is 0 Å². The number of aromatic hydroxyl groups is 1. The fraction of sp³-hybridized carbons (Fsp3) is 0.259. The lowest BCUT2D eigenvalue weighted by molar-refractivity contribution is -0.113. The number of phenolic OH excluding ortho intramolecular Hbond substituents is 1. The molecule has 2 aromatic carbocycles. The van der Waals surface area contributed by atoms with Crippen molar-refractivity contribution < 1.29 is 19.4 Å². The number of aromatic nitrogens is 3. The molecular formula is C27H28N4O4S2. The molecule has 192 valence electrons. The van der Waals surface area contributed by atoms with Gasteiger partial charge in [0.2, 0.25) is 5.91 Å². The van der Waals surface area contributed by atoms with Gasteiger partial charge in [0, 0.05) is 11.4 Å². The van der Waals surface area contributed by atoms with E-state index in [0.29, 0.717) is 33.7 Å². The van der Waals surface area contributed by atoms with Crippen molar-refractivity contribution in [1.82, 2.24) is 14.8 Å². The normalized spacial score (nSPS) is 10.9. The molecule has 37 heavy (non-hydrogen) atoms. The number of anilines is 1. The van der Waals surface area contributed by atoms with E-state index >= 15 is 0 Å². The van der Waals surface area contributed by atoms with E-state index in [1.54, 1.807) is 25.1 Å². The summed E-state index contributed by atoms with van der Waals surface area (Å²) in [6, 6.07) is 17.0. The Morgan fingerprint density at radius 1 is 1.08 bits per heavy atom. The van der Waals surface area contributed by atoms with Crippen molar-refractivity contribution in [1.29, 1.82) is 0 Å². The second-order valence-electron chi connectivity index (χ2n) is 8.26. The fourth-order valence-electron chi connectivity index (χ4n) is 3.80. The van der Waals surface area contributed by atoms with E-state index in [2.05, 4.69) is 27.6 Å². The van der Waals surface area contributed by atoms with E-state index in [1.807, 2.05) is 42.7 Å². The lowest BCUT2D eigenvalue weighted by Crippen LogP contribution is -2.17. The van der Waals surface area contributed by atoms with Gasteiger partial charge in [0.25, 0.3) is 0 Å². The number of esters is 1. The molecule has 0 bridgehead atoms. The highest BCUT2D eigenvalue weighted by Crippen LogP contribution is 2.34. The maximum atomic E-state index is 12.9. The van der Waals surface area contributed by atoms with Crippen LogP contribution in [0.3, 0.4) is 0 Å². The van der Waals surface area contributed by atoms with Crippen LogP contribution in [0.4, 0.5) is 5.00 Å². The van der Waals surface area contributed by atoms with Crippen LogP contribution in [0.15, 0.2) is 59.8 Å². The van der Waals surface area contributed by atoms with Crippen LogP contribution >= 0.6 is 23.1 Å². The van der Waals surface area contributed by atoms with Gasteiger partial charge >= 0.3 is 5.97 Å². The van der Waals surface area contributed by atoms with Crippen LogP contribution in [-0.2, 0) is 22.5 Å². The Balaban J connectivity index is 1.53. The largest absolute Gasteiger partial charge is 0.507 e. The van der Waals surface area contributed by atoms with E-state index in [-0.39, 0.29) is 24.0 Å². The minimum Gasteiger partial charge on any atom is -0.507 e. The van der Waals surface area contributed by atoms with Crippen molar-refractivity contribution in [3.8, 4) is 17.1 Å². The molecule has 0 spiro atoms. The van der Waals surface area contributed by atoms with Crippen LogP contribution in [0.25, 0.3) is 11.4 Å². The van der Waals surface area contributed by atoms with Crippen molar-refractivity contribution in [2.75, 3.05) is 17.7 Å². The lowest BCUT2D eigenvalue weighted by atomic mass is 10.1. The third-order valence-electron chi connectivity index (χ3n) is 5.78. The molecule has 0 atom stereocenters. The minimum atomic E-state index is -0.444. The average molecular weight is 537 g/mol. The monoisotopic (exact) mass is 536 g/mol. The van der Waals surface area contributed by atoms with Gasteiger partial charge in [0.1, 0.15) is 10.8 Å². The van der Waals surface area contributed by atoms with Gasteiger partial charge < -0.3 is 19.7 Å². The molecule has 0 fully saturated rings. The third kappa shape index (κ3) is 6.20. The number of aryl methyl sites for hydroxylation is 2. The summed E-state index contributed by atoms with van der Waals surface area (Å²) in [6.07, 6.45) is 0.732. The third-order valence-corrected chi connectivity index (χ3v) is 7.87. The number of thioether (sulfide) groups is 1. The molecule has 0 aliphatic rings. The Kier molecular flexibility index (Phi) is 8.62. The number of ether oxygens (including phenoxy) is 1. The number of nitrogens with zero attached hydrogens (tertiary/aromatic N) is 3. The number of hydrogen-bond acceptors (Lipinski definition) is 8. The first-order valence-corrected chi connectivity index (χ1v) is 13.6. The number of para-hydroxylation sites is 1. The first-order chi connectivity index (χ1) is 17.9. The second kappa shape index (κ2) is 12.1. The van der Waals surface area contributed by atoms with Crippen LogP contribution < -0.4 is 5.32 Å². The number of thiophene rings is 1. The predicted molar refractivity (Wildman–Crippen MR) is 146 cm³/mol. The molecule has 4 rings (SSSR count). The summed E-state index contributed by atoms with van der Waals surface area (Å²) in [5.74, 6) is 0.00703. The maximum Gasteiger partial charge on any atom is 0.341 e. The van der Waals surface area contributed by atoms with Crippen LogP contribution in [0.5, 0.6) is 5.75 Å². The SMILES string of the molecule is CCOC(=O)c1c(NC(=O)CSc2nnc(-c3ccccc3O)n2CCc2ccccc2)sc(C)c1C. The first kappa shape index (κ1) is 26.4. The van der Waals surface area contributed by atoms with E-state index in [4.69, 9.17) is 4.74 Å². The van der Waals surface area contributed by atoms with Gasteiger partial charge in [-0.2, -0.15) is 0 Å². The van der Waals surface area contributed by atoms with Crippen LogP contribution in [-0.4, -0.2) is 44.1 Å². The molecular weight excluding hydrogens is 508 g/mol. The number of hydrogen-bond donors (Lipinski definition) is 2. The van der Waals surface area contributed by atoms with Crippen molar-refractivity contribution in [3.05, 3.63) is 76.2 Å². The van der Waals surface area contributed by atoms with E-state index in [0.717, 1.165) is 22.4 Å². The highest BCUT2D eigenvalue weighted by atomic mass is 32.2. The van der Waals surface area contributed by atoms with Crippen molar-refractivity contribution in [2.45, 2.75) is 38.9 Å². The Labute approximate surface area is 223 Å². The standard InChI is InChI=1S/C27H28N4O4S2/c1-4-35-26(34)23-17(2)18(3)37-25(23)28-22(33)16-36-27-30-29-24(20-12-8-9-13-21(20)32)31(27)15-14-19-10-6-5-7-11-19/h5-13,32H,4,14-16H2,1-3H3,(H,28,33). The molecule has 0 saturated heterocycles. The van der Waals surface area contributed by atoms with Gasteiger partial charge in [-0.15, -0.1) is 21.5 Å². The number of amides is 1. The van der Waals surface area contributed by atoms with Crippen LogP contribution in [0.2, 0.25) is 0 Å². The van der Waals surface area contributed by atoms with Gasteiger partial charge in [-0.05, 0) is 50.5 Å². The Bertz CT molecular complexity index is 1400. The van der Waals surface area contributed by atoms with E-state index in [1.165, 1.54) is 23.1 Å². The average Bonchev–Trinajstić information content (AvgIpc) is 3.41. The summed E-state index contributed by atoms with van der Waals surface area (Å²) in [5, 5.41) is 23.0. The van der Waals surface area contributed by atoms with Crippen molar-refractivity contribution in [2.24, 2.45) is 0 Å². The molecule has 4 aromatic rings. The van der Waals surface area contributed by atoms with Crippen LogP contribution in [0, 0.1) is 13.8 Å². The zero-order chi connectivity index (χ0) is 26.4. The number of carbonyl (C=O) groups excluding carboxylic acids is 2. The molecule has 10 heteroatoms. The van der Waals surface area contributed by atoms with Gasteiger partial charge in [0.05, 0.1) is 23.5 Å². The molecule has 0 radical (unpaired) electrons. The topological polar surface area (TPSA) is 106 Å². The van der Waals surface area contributed by atoms with E-state index in [9.17, 15) is 14.7 Å². The molecule has 8 nitrogen and oxygen atoms in total. The molecule has 2 heterocycles. The van der Waals surface area contributed by atoms with Gasteiger partial charge in [-0.25, -0.2) is 4.79 Å². The van der Waals surface area contributed by atoms with Crippen molar-refractivity contribution >= 4 is 40.0 Å². The number of phenols is 1. The minimum absolute atomic E-state index is 0.0719. The number of rotatable bonds is 10. The van der Waals surface area contributed by atoms with E-state index < -0.39 is 5.97 Å². The summed E-state index contributed by atoms with van der Waals surface area (Å²) in [6.45, 7) is 6.33. The Morgan fingerprint density at radius 2 is 1.81 bits per heavy atom. The molecule has 2 N–H and O–H groups in total. The summed E-state index contributed by atoms with van der Waals surface area (Å²) in [7, 11) is 0.